The Labute approximate surface area is 119 Å². The summed E-state index contributed by atoms with van der Waals surface area (Å²) in [7, 11) is 0. The molecule has 0 spiro atoms. The third-order valence-electron chi connectivity index (χ3n) is 4.01. The number of nitrogens with one attached hydrogen (secondary N) is 2. The smallest absolute Gasteiger partial charge is 0.226 e. The van der Waals surface area contributed by atoms with E-state index in [1.807, 2.05) is 0 Å². The molecule has 106 valence electrons. The molecule has 1 aromatic heterocycles. The third kappa shape index (κ3) is 3.80. The van der Waals surface area contributed by atoms with Crippen molar-refractivity contribution in [2.75, 3.05) is 19.6 Å². The van der Waals surface area contributed by atoms with Gasteiger partial charge in [0.1, 0.15) is 0 Å². The van der Waals surface area contributed by atoms with Crippen molar-refractivity contribution in [1.29, 1.82) is 0 Å². The summed E-state index contributed by atoms with van der Waals surface area (Å²) in [5.41, 5.74) is -0.116. The summed E-state index contributed by atoms with van der Waals surface area (Å²) in [4.78, 5) is 13.8. The van der Waals surface area contributed by atoms with Gasteiger partial charge in [0.15, 0.2) is 0 Å². The largest absolute Gasteiger partial charge is 0.355 e. The first-order valence-electron chi connectivity index (χ1n) is 7.28. The van der Waals surface area contributed by atoms with Gasteiger partial charge in [-0.2, -0.15) is 0 Å². The van der Waals surface area contributed by atoms with Crippen molar-refractivity contribution in [1.82, 2.24) is 10.6 Å². The lowest BCUT2D eigenvalue weighted by Gasteiger charge is -2.36. The van der Waals surface area contributed by atoms with E-state index in [1.54, 1.807) is 11.3 Å². The molecular formula is C15H24N2OS. The van der Waals surface area contributed by atoms with Crippen LogP contribution in [-0.2, 0) is 11.2 Å². The fourth-order valence-corrected chi connectivity index (χ4v) is 3.63. The van der Waals surface area contributed by atoms with Gasteiger partial charge in [-0.15, -0.1) is 11.3 Å². The van der Waals surface area contributed by atoms with Crippen LogP contribution in [0.15, 0.2) is 17.5 Å². The molecule has 1 amide bonds. The maximum atomic E-state index is 12.5. The van der Waals surface area contributed by atoms with Crippen molar-refractivity contribution in [3.8, 4) is 0 Å². The lowest BCUT2D eigenvalue weighted by atomic mass is 9.74. The quantitative estimate of drug-likeness (QED) is 0.841. The topological polar surface area (TPSA) is 41.1 Å². The predicted octanol–water partition coefficient (Wildman–Crippen LogP) is 2.58. The van der Waals surface area contributed by atoms with E-state index in [2.05, 4.69) is 35.1 Å². The fraction of sp³-hybridized carbons (Fsp3) is 0.667. The van der Waals surface area contributed by atoms with Crippen LogP contribution in [-0.4, -0.2) is 25.5 Å². The molecule has 0 atom stereocenters. The first kappa shape index (κ1) is 14.5. The van der Waals surface area contributed by atoms with E-state index in [4.69, 9.17) is 0 Å². The Bertz CT molecular complexity index is 377. The summed E-state index contributed by atoms with van der Waals surface area (Å²) in [6, 6.07) is 4.19. The standard InChI is InChI=1S/C15H24N2OS/c1-2-6-15(7-10-16-11-8-15)14(18)17-9-5-13-4-3-12-19-13/h3-4,12,16H,2,5-11H2,1H3,(H,17,18). The molecule has 2 heterocycles. The van der Waals surface area contributed by atoms with Gasteiger partial charge in [-0.3, -0.25) is 4.79 Å². The molecule has 0 aromatic carbocycles. The molecular weight excluding hydrogens is 256 g/mol. The Morgan fingerprint density at radius 1 is 1.47 bits per heavy atom. The van der Waals surface area contributed by atoms with Gasteiger partial charge in [-0.25, -0.2) is 0 Å². The number of rotatable bonds is 6. The molecule has 0 aliphatic carbocycles. The predicted molar refractivity (Wildman–Crippen MR) is 80.5 cm³/mol. The van der Waals surface area contributed by atoms with Gasteiger partial charge in [-0.1, -0.05) is 19.4 Å². The monoisotopic (exact) mass is 280 g/mol. The summed E-state index contributed by atoms with van der Waals surface area (Å²) in [6.45, 7) is 4.87. The maximum Gasteiger partial charge on any atom is 0.226 e. The zero-order valence-corrected chi connectivity index (χ0v) is 12.5. The first-order chi connectivity index (χ1) is 9.27. The van der Waals surface area contributed by atoms with Crippen molar-refractivity contribution in [3.63, 3.8) is 0 Å². The van der Waals surface area contributed by atoms with E-state index in [0.717, 1.165) is 51.7 Å². The number of hydrogen-bond donors (Lipinski definition) is 2. The lowest BCUT2D eigenvalue weighted by molar-refractivity contribution is -0.133. The van der Waals surface area contributed by atoms with E-state index in [1.165, 1.54) is 4.88 Å². The second-order valence-electron chi connectivity index (χ2n) is 5.37. The summed E-state index contributed by atoms with van der Waals surface area (Å²) >= 11 is 1.76. The van der Waals surface area contributed by atoms with Crippen LogP contribution in [0.4, 0.5) is 0 Å². The highest BCUT2D eigenvalue weighted by atomic mass is 32.1. The molecule has 1 aromatic rings. The Morgan fingerprint density at radius 3 is 2.89 bits per heavy atom. The van der Waals surface area contributed by atoms with Gasteiger partial charge in [0, 0.05) is 11.4 Å². The van der Waals surface area contributed by atoms with E-state index in [-0.39, 0.29) is 11.3 Å². The number of piperidine rings is 1. The SMILES string of the molecule is CCCC1(C(=O)NCCc2cccs2)CCNCC1. The lowest BCUT2D eigenvalue weighted by Crippen LogP contribution is -2.48. The van der Waals surface area contributed by atoms with E-state index in [0.29, 0.717) is 0 Å². The second kappa shape index (κ2) is 7.06. The molecule has 3 nitrogen and oxygen atoms in total. The minimum atomic E-state index is -0.116. The molecule has 2 N–H and O–H groups in total. The average Bonchev–Trinajstić information content (AvgIpc) is 2.93. The maximum absolute atomic E-state index is 12.5. The first-order valence-corrected chi connectivity index (χ1v) is 8.16. The average molecular weight is 280 g/mol. The Balaban J connectivity index is 1.85. The van der Waals surface area contributed by atoms with Gasteiger partial charge >= 0.3 is 0 Å². The molecule has 0 unspecified atom stereocenters. The minimum Gasteiger partial charge on any atom is -0.355 e. The molecule has 1 saturated heterocycles. The summed E-state index contributed by atoms with van der Waals surface area (Å²) < 4.78 is 0. The van der Waals surface area contributed by atoms with Gasteiger partial charge in [0.2, 0.25) is 5.91 Å². The summed E-state index contributed by atoms with van der Waals surface area (Å²) in [6.07, 6.45) is 5.00. The van der Waals surface area contributed by atoms with Crippen LogP contribution in [0.3, 0.4) is 0 Å². The zero-order chi connectivity index (χ0) is 13.6. The van der Waals surface area contributed by atoms with Crippen molar-refractivity contribution < 1.29 is 4.79 Å². The Morgan fingerprint density at radius 2 is 2.26 bits per heavy atom. The van der Waals surface area contributed by atoms with Gasteiger partial charge in [0.25, 0.3) is 0 Å². The number of amides is 1. The molecule has 4 heteroatoms. The highest BCUT2D eigenvalue weighted by Gasteiger charge is 2.38. The van der Waals surface area contributed by atoms with Crippen LogP contribution >= 0.6 is 11.3 Å². The molecule has 0 radical (unpaired) electrons. The van der Waals surface area contributed by atoms with Crippen molar-refractivity contribution in [2.45, 2.75) is 39.0 Å². The molecule has 2 rings (SSSR count). The van der Waals surface area contributed by atoms with Gasteiger partial charge in [0.05, 0.1) is 5.41 Å². The Kier molecular flexibility index (Phi) is 5.40. The van der Waals surface area contributed by atoms with Crippen LogP contribution in [0.2, 0.25) is 0 Å². The van der Waals surface area contributed by atoms with Crippen molar-refractivity contribution >= 4 is 17.2 Å². The normalized spacial score (nSPS) is 18.2. The third-order valence-corrected chi connectivity index (χ3v) is 4.94. The number of thiophene rings is 1. The highest BCUT2D eigenvalue weighted by Crippen LogP contribution is 2.34. The molecule has 19 heavy (non-hydrogen) atoms. The number of carbonyl (C=O) groups is 1. The summed E-state index contributed by atoms with van der Waals surface area (Å²) in [5.74, 6) is 0.271. The van der Waals surface area contributed by atoms with Crippen molar-refractivity contribution in [2.24, 2.45) is 5.41 Å². The number of carbonyl (C=O) groups excluding carboxylic acids is 1. The Hall–Kier alpha value is -0.870. The van der Waals surface area contributed by atoms with Crippen LogP contribution in [0, 0.1) is 5.41 Å². The number of hydrogen-bond acceptors (Lipinski definition) is 3. The molecule has 1 aliphatic rings. The summed E-state index contributed by atoms with van der Waals surface area (Å²) in [5, 5.41) is 8.60. The second-order valence-corrected chi connectivity index (χ2v) is 6.40. The zero-order valence-electron chi connectivity index (χ0n) is 11.7. The van der Waals surface area contributed by atoms with Crippen molar-refractivity contribution in [3.05, 3.63) is 22.4 Å². The molecule has 1 fully saturated rings. The minimum absolute atomic E-state index is 0.116. The van der Waals surface area contributed by atoms with Gasteiger partial charge < -0.3 is 10.6 Å². The van der Waals surface area contributed by atoms with Crippen LogP contribution in [0.25, 0.3) is 0 Å². The molecule has 0 saturated carbocycles. The highest BCUT2D eigenvalue weighted by molar-refractivity contribution is 7.09. The van der Waals surface area contributed by atoms with Crippen LogP contribution < -0.4 is 10.6 Å². The van der Waals surface area contributed by atoms with E-state index in [9.17, 15) is 4.79 Å². The van der Waals surface area contributed by atoms with Gasteiger partial charge in [-0.05, 0) is 50.2 Å². The van der Waals surface area contributed by atoms with Crippen LogP contribution in [0.5, 0.6) is 0 Å². The van der Waals surface area contributed by atoms with E-state index < -0.39 is 0 Å². The fourth-order valence-electron chi connectivity index (χ4n) is 2.92. The molecule has 0 bridgehead atoms. The van der Waals surface area contributed by atoms with E-state index >= 15 is 0 Å². The molecule has 1 aliphatic heterocycles. The van der Waals surface area contributed by atoms with Crippen LogP contribution in [0.1, 0.15) is 37.5 Å².